The Morgan fingerprint density at radius 2 is 2.06 bits per heavy atom. The van der Waals surface area contributed by atoms with Gasteiger partial charge in [-0.3, -0.25) is 4.79 Å². The molecule has 0 N–H and O–H groups in total. The number of carbonyl (C=O) groups excluding carboxylic acids is 1. The molecule has 1 aliphatic rings. The van der Waals surface area contributed by atoms with Gasteiger partial charge in [0.1, 0.15) is 0 Å². The second kappa shape index (κ2) is 4.53. The van der Waals surface area contributed by atoms with Gasteiger partial charge in [-0.05, 0) is 13.8 Å². The molecule has 1 saturated heterocycles. The highest BCUT2D eigenvalue weighted by Gasteiger charge is 2.38. The van der Waals surface area contributed by atoms with Gasteiger partial charge in [0.15, 0.2) is 0 Å². The van der Waals surface area contributed by atoms with Crippen molar-refractivity contribution in [2.24, 2.45) is 5.41 Å². The minimum absolute atomic E-state index is 0.0586. The molecule has 0 radical (unpaired) electrons. The van der Waals surface area contributed by atoms with Crippen LogP contribution >= 0.6 is 11.6 Å². The largest absolute Gasteiger partial charge is 0.367 e. The topological polar surface area (TPSA) is 29.5 Å². The Kier molecular flexibility index (Phi) is 3.91. The molecule has 1 rings (SSSR count). The third kappa shape index (κ3) is 3.36. The highest BCUT2D eigenvalue weighted by atomic mass is 35.5. The lowest BCUT2D eigenvalue weighted by atomic mass is 9.93. The van der Waals surface area contributed by atoms with Crippen molar-refractivity contribution in [3.05, 3.63) is 0 Å². The third-order valence-corrected chi connectivity index (χ3v) is 2.93. The molecule has 0 bridgehead atoms. The number of hydrogen-bond acceptors (Lipinski definition) is 2. The molecule has 1 heterocycles. The Bertz CT molecular complexity index is 271. The Balaban J connectivity index is 2.78. The number of rotatable bonds is 1. The van der Waals surface area contributed by atoms with Crippen molar-refractivity contribution < 1.29 is 9.53 Å². The van der Waals surface area contributed by atoms with E-state index in [1.165, 1.54) is 0 Å². The molecular weight excluding hydrogens is 226 g/mol. The van der Waals surface area contributed by atoms with E-state index in [2.05, 4.69) is 0 Å². The predicted octanol–water partition coefficient (Wildman–Crippen LogP) is 2.28. The van der Waals surface area contributed by atoms with Crippen molar-refractivity contribution in [3.8, 4) is 0 Å². The fraction of sp³-hybridized carbons (Fsp3) is 0.917. The van der Waals surface area contributed by atoms with Crippen LogP contribution in [0, 0.1) is 5.41 Å². The quantitative estimate of drug-likeness (QED) is 0.666. The third-order valence-electron chi connectivity index (χ3n) is 2.58. The molecule has 0 aromatic carbocycles. The summed E-state index contributed by atoms with van der Waals surface area (Å²) in [4.78, 5) is 14.1. The molecule has 0 spiro atoms. The van der Waals surface area contributed by atoms with Crippen LogP contribution in [0.15, 0.2) is 0 Å². The van der Waals surface area contributed by atoms with E-state index in [-0.39, 0.29) is 23.0 Å². The van der Waals surface area contributed by atoms with Gasteiger partial charge in [-0.25, -0.2) is 0 Å². The summed E-state index contributed by atoms with van der Waals surface area (Å²) in [6.07, 6.45) is -0.0586. The van der Waals surface area contributed by atoms with Crippen molar-refractivity contribution in [3.63, 3.8) is 0 Å². The molecular formula is C12H22ClNO2. The van der Waals surface area contributed by atoms with Crippen molar-refractivity contribution in [1.82, 2.24) is 4.90 Å². The fourth-order valence-corrected chi connectivity index (χ4v) is 2.17. The van der Waals surface area contributed by atoms with Crippen LogP contribution in [0.5, 0.6) is 0 Å². The lowest BCUT2D eigenvalue weighted by Gasteiger charge is -2.44. The molecule has 3 nitrogen and oxygen atoms in total. The van der Waals surface area contributed by atoms with E-state index in [0.717, 1.165) is 0 Å². The predicted molar refractivity (Wildman–Crippen MR) is 65.7 cm³/mol. The van der Waals surface area contributed by atoms with Crippen LogP contribution in [-0.4, -0.2) is 41.5 Å². The van der Waals surface area contributed by atoms with Crippen LogP contribution in [0.25, 0.3) is 0 Å². The zero-order valence-corrected chi connectivity index (χ0v) is 11.6. The minimum atomic E-state index is -0.343. The number of ether oxygens (including phenoxy) is 1. The second-order valence-electron chi connectivity index (χ2n) is 6.09. The summed E-state index contributed by atoms with van der Waals surface area (Å²) < 4.78 is 5.79. The standard InChI is InChI=1S/C12H22ClNO2/c1-11(2,3)10(15)14-7-9(6-13)16-12(4,5)8-14/h9H,6-8H2,1-5H3. The van der Waals surface area contributed by atoms with Crippen LogP contribution in [0.2, 0.25) is 0 Å². The van der Waals surface area contributed by atoms with Gasteiger partial charge in [-0.2, -0.15) is 0 Å². The molecule has 1 fully saturated rings. The Morgan fingerprint density at radius 1 is 1.50 bits per heavy atom. The number of morpholine rings is 1. The van der Waals surface area contributed by atoms with Crippen LogP contribution in [0.3, 0.4) is 0 Å². The van der Waals surface area contributed by atoms with Gasteiger partial charge in [0, 0.05) is 18.5 Å². The molecule has 0 aromatic rings. The number of amides is 1. The lowest BCUT2D eigenvalue weighted by molar-refractivity contribution is -0.164. The summed E-state index contributed by atoms with van der Waals surface area (Å²) in [5, 5.41) is 0. The molecule has 0 saturated carbocycles. The SMILES string of the molecule is CC1(C)CN(C(=O)C(C)(C)C)CC(CCl)O1. The molecule has 16 heavy (non-hydrogen) atoms. The van der Waals surface area contributed by atoms with E-state index >= 15 is 0 Å². The Labute approximate surface area is 103 Å². The van der Waals surface area contributed by atoms with Crippen LogP contribution in [0.1, 0.15) is 34.6 Å². The molecule has 1 aliphatic heterocycles. The molecule has 1 atom stereocenters. The lowest BCUT2D eigenvalue weighted by Crippen LogP contribution is -2.57. The Morgan fingerprint density at radius 3 is 2.50 bits per heavy atom. The maximum Gasteiger partial charge on any atom is 0.228 e. The zero-order chi connectivity index (χ0) is 12.6. The first-order chi connectivity index (χ1) is 7.15. The van der Waals surface area contributed by atoms with Crippen LogP contribution < -0.4 is 0 Å². The maximum atomic E-state index is 12.2. The average Bonchev–Trinajstić information content (AvgIpc) is 2.12. The number of nitrogens with zero attached hydrogens (tertiary/aromatic N) is 1. The van der Waals surface area contributed by atoms with Crippen LogP contribution in [0.4, 0.5) is 0 Å². The first-order valence-corrected chi connectivity index (χ1v) is 6.22. The smallest absolute Gasteiger partial charge is 0.228 e. The molecule has 0 aliphatic carbocycles. The zero-order valence-electron chi connectivity index (χ0n) is 10.8. The molecule has 4 heteroatoms. The number of hydrogen-bond donors (Lipinski definition) is 0. The van der Waals surface area contributed by atoms with E-state index in [1.807, 2.05) is 39.5 Å². The highest BCUT2D eigenvalue weighted by Crippen LogP contribution is 2.26. The summed E-state index contributed by atoms with van der Waals surface area (Å²) in [7, 11) is 0. The first-order valence-electron chi connectivity index (χ1n) is 5.69. The summed E-state index contributed by atoms with van der Waals surface area (Å²) in [6, 6.07) is 0. The maximum absolute atomic E-state index is 12.2. The van der Waals surface area contributed by atoms with Gasteiger partial charge in [0.25, 0.3) is 0 Å². The number of carbonyl (C=O) groups is 1. The van der Waals surface area contributed by atoms with Gasteiger partial charge in [0.05, 0.1) is 17.6 Å². The van der Waals surface area contributed by atoms with Gasteiger partial charge in [-0.1, -0.05) is 20.8 Å². The van der Waals surface area contributed by atoms with E-state index in [0.29, 0.717) is 19.0 Å². The molecule has 94 valence electrons. The number of halogens is 1. The fourth-order valence-electron chi connectivity index (χ4n) is 2.01. The summed E-state index contributed by atoms with van der Waals surface area (Å²) in [6.45, 7) is 11.0. The average molecular weight is 248 g/mol. The van der Waals surface area contributed by atoms with Gasteiger partial charge in [0.2, 0.25) is 5.91 Å². The van der Waals surface area contributed by atoms with Crippen molar-refractivity contribution in [1.29, 1.82) is 0 Å². The van der Waals surface area contributed by atoms with Crippen molar-refractivity contribution in [2.75, 3.05) is 19.0 Å². The minimum Gasteiger partial charge on any atom is -0.367 e. The first kappa shape index (κ1) is 13.8. The second-order valence-corrected chi connectivity index (χ2v) is 6.40. The van der Waals surface area contributed by atoms with Crippen LogP contribution in [-0.2, 0) is 9.53 Å². The summed E-state index contributed by atoms with van der Waals surface area (Å²) in [5.41, 5.74) is -0.650. The monoisotopic (exact) mass is 247 g/mol. The Hall–Kier alpha value is -0.280. The molecule has 0 aromatic heterocycles. The van der Waals surface area contributed by atoms with Gasteiger partial charge < -0.3 is 9.64 Å². The van der Waals surface area contributed by atoms with E-state index in [4.69, 9.17) is 16.3 Å². The van der Waals surface area contributed by atoms with E-state index in [9.17, 15) is 4.79 Å². The van der Waals surface area contributed by atoms with Gasteiger partial charge >= 0.3 is 0 Å². The van der Waals surface area contributed by atoms with E-state index in [1.54, 1.807) is 0 Å². The highest BCUT2D eigenvalue weighted by molar-refractivity contribution is 6.18. The molecule has 1 unspecified atom stereocenters. The summed E-state index contributed by atoms with van der Waals surface area (Å²) in [5.74, 6) is 0.594. The number of alkyl halides is 1. The summed E-state index contributed by atoms with van der Waals surface area (Å²) >= 11 is 5.83. The van der Waals surface area contributed by atoms with Crippen molar-refractivity contribution >= 4 is 17.5 Å². The normalized spacial score (nSPS) is 25.6. The van der Waals surface area contributed by atoms with Gasteiger partial charge in [-0.15, -0.1) is 11.6 Å². The van der Waals surface area contributed by atoms with E-state index < -0.39 is 0 Å². The van der Waals surface area contributed by atoms with Crippen molar-refractivity contribution in [2.45, 2.75) is 46.3 Å². The molecule has 1 amide bonds.